The van der Waals surface area contributed by atoms with Gasteiger partial charge in [0.15, 0.2) is 22.4 Å². The highest BCUT2D eigenvalue weighted by Crippen LogP contribution is 2.57. The highest BCUT2D eigenvalue weighted by atomic mass is 35.5. The normalized spacial score (nSPS) is 29.5. The predicted octanol–water partition coefficient (Wildman–Crippen LogP) is 3.76. The van der Waals surface area contributed by atoms with Gasteiger partial charge in [-0.1, -0.05) is 18.5 Å². The number of fused-ring (bicyclic) bond motifs is 2. The Balaban J connectivity index is 1.33. The SMILES string of the molecule is C[C@H]1CC2C[C@@](O)(S(=O)(=O)c3cc(C(=O)Nc4cc(F)c(F)c(F)c4)ccc3Cl)CC1[C@@]2(O)CNC(=O)[C@@H]1C[C@@H](O)CN1C(=O)OC(C)(C)C. The van der Waals surface area contributed by atoms with Crippen LogP contribution < -0.4 is 10.6 Å². The number of β-amino-alcohol motifs (C(OH)–C–C–N with tert-alkyl or cyclic N) is 1. The molecule has 2 bridgehead atoms. The number of amides is 3. The molecule has 2 aliphatic carbocycles. The zero-order chi connectivity index (χ0) is 37.1. The van der Waals surface area contributed by atoms with Crippen LogP contribution in [-0.4, -0.2) is 87.9 Å². The van der Waals surface area contributed by atoms with E-state index in [-0.39, 0.29) is 36.0 Å². The molecule has 3 amide bonds. The minimum absolute atomic E-state index is 0.0553. The van der Waals surface area contributed by atoms with Crippen molar-refractivity contribution in [2.24, 2.45) is 17.8 Å². The quantitative estimate of drug-likeness (QED) is 0.264. The smallest absolute Gasteiger partial charge is 0.411 e. The molecule has 274 valence electrons. The van der Waals surface area contributed by atoms with Gasteiger partial charge in [0.1, 0.15) is 11.6 Å². The summed E-state index contributed by atoms with van der Waals surface area (Å²) in [7, 11) is -4.73. The van der Waals surface area contributed by atoms with Crippen molar-refractivity contribution in [2.45, 2.75) is 86.6 Å². The van der Waals surface area contributed by atoms with E-state index in [4.69, 9.17) is 16.3 Å². The fourth-order valence-electron chi connectivity index (χ4n) is 7.37. The number of nitrogens with zero attached hydrogens (tertiary/aromatic N) is 1. The highest BCUT2D eigenvalue weighted by Gasteiger charge is 2.64. The third kappa shape index (κ3) is 7.04. The molecule has 0 radical (unpaired) electrons. The van der Waals surface area contributed by atoms with E-state index in [9.17, 15) is 51.3 Å². The van der Waals surface area contributed by atoms with Crippen molar-refractivity contribution in [1.82, 2.24) is 10.2 Å². The average molecular weight is 746 g/mol. The summed E-state index contributed by atoms with van der Waals surface area (Å²) in [5, 5.41) is 38.4. The summed E-state index contributed by atoms with van der Waals surface area (Å²) < 4.78 is 74.2. The molecule has 50 heavy (non-hydrogen) atoms. The first-order valence-corrected chi connectivity index (χ1v) is 17.8. The molecule has 7 atom stereocenters. The van der Waals surface area contributed by atoms with E-state index in [1.807, 2.05) is 0 Å². The molecule has 5 rings (SSSR count). The number of benzene rings is 2. The molecular weight excluding hydrogens is 707 g/mol. The number of ether oxygens (including phenoxy) is 1. The van der Waals surface area contributed by atoms with Crippen molar-refractivity contribution in [2.75, 3.05) is 18.4 Å². The second kappa shape index (κ2) is 13.3. The van der Waals surface area contributed by atoms with Crippen molar-refractivity contribution in [3.63, 3.8) is 0 Å². The molecule has 2 unspecified atom stereocenters. The van der Waals surface area contributed by atoms with Gasteiger partial charge in [0, 0.05) is 36.3 Å². The number of hydrogen-bond acceptors (Lipinski definition) is 9. The number of carbonyl (C=O) groups excluding carboxylic acids is 3. The summed E-state index contributed by atoms with van der Waals surface area (Å²) in [4.78, 5) is 37.0. The molecule has 17 heteroatoms. The number of halogens is 4. The van der Waals surface area contributed by atoms with Gasteiger partial charge >= 0.3 is 6.09 Å². The third-order valence-corrected chi connectivity index (χ3v) is 12.5. The predicted molar refractivity (Wildman–Crippen MR) is 173 cm³/mol. The van der Waals surface area contributed by atoms with Crippen molar-refractivity contribution >= 4 is 45.0 Å². The van der Waals surface area contributed by atoms with Gasteiger partial charge in [0.05, 0.1) is 28.2 Å². The number of aliphatic hydroxyl groups excluding tert-OH is 1. The molecule has 0 aromatic heterocycles. The summed E-state index contributed by atoms with van der Waals surface area (Å²) >= 11 is 6.27. The lowest BCUT2D eigenvalue weighted by Gasteiger charge is -2.46. The maximum Gasteiger partial charge on any atom is 0.411 e. The monoisotopic (exact) mass is 745 g/mol. The molecule has 1 saturated heterocycles. The van der Waals surface area contributed by atoms with Gasteiger partial charge in [-0.05, 0) is 76.0 Å². The van der Waals surface area contributed by atoms with Gasteiger partial charge in [0.2, 0.25) is 15.7 Å². The van der Waals surface area contributed by atoms with Crippen LogP contribution in [0.15, 0.2) is 35.2 Å². The number of aliphatic hydroxyl groups is 3. The van der Waals surface area contributed by atoms with E-state index in [0.29, 0.717) is 18.6 Å². The molecule has 1 aliphatic heterocycles. The number of nitrogens with one attached hydrogen (secondary N) is 2. The number of carbonyl (C=O) groups is 3. The second-order valence-electron chi connectivity index (χ2n) is 14.5. The average Bonchev–Trinajstić information content (AvgIpc) is 3.45. The first-order chi connectivity index (χ1) is 23.1. The number of hydrogen-bond donors (Lipinski definition) is 5. The van der Waals surface area contributed by atoms with Crippen LogP contribution in [0, 0.1) is 35.2 Å². The van der Waals surface area contributed by atoms with Gasteiger partial charge in [-0.15, -0.1) is 0 Å². The molecule has 3 fully saturated rings. The fraction of sp³-hybridized carbons (Fsp3) is 0.545. The number of anilines is 1. The van der Waals surface area contributed by atoms with Crippen molar-refractivity contribution in [3.05, 3.63) is 58.4 Å². The minimum Gasteiger partial charge on any atom is -0.444 e. The van der Waals surface area contributed by atoms with E-state index in [1.54, 1.807) is 27.7 Å². The summed E-state index contributed by atoms with van der Waals surface area (Å²) in [6, 6.07) is 3.17. The van der Waals surface area contributed by atoms with E-state index in [0.717, 1.165) is 23.1 Å². The van der Waals surface area contributed by atoms with E-state index < -0.39 is 109 Å². The highest BCUT2D eigenvalue weighted by molar-refractivity contribution is 7.92. The summed E-state index contributed by atoms with van der Waals surface area (Å²) in [5.74, 6) is -8.42. The summed E-state index contributed by atoms with van der Waals surface area (Å²) in [6.07, 6.45) is -2.41. The number of sulfone groups is 1. The lowest BCUT2D eigenvalue weighted by atomic mass is 9.72. The molecular formula is C33H39ClF3N3O9S. The van der Waals surface area contributed by atoms with E-state index in [2.05, 4.69) is 10.6 Å². The molecule has 1 heterocycles. The maximum absolute atomic E-state index is 14.1. The van der Waals surface area contributed by atoms with Crippen LogP contribution in [0.3, 0.4) is 0 Å². The van der Waals surface area contributed by atoms with Gasteiger partial charge in [-0.2, -0.15) is 0 Å². The van der Waals surface area contributed by atoms with Crippen LogP contribution in [0.25, 0.3) is 0 Å². The van der Waals surface area contributed by atoms with Crippen LogP contribution in [0.2, 0.25) is 5.02 Å². The largest absolute Gasteiger partial charge is 0.444 e. The van der Waals surface area contributed by atoms with Crippen LogP contribution >= 0.6 is 11.6 Å². The second-order valence-corrected chi connectivity index (χ2v) is 17.1. The van der Waals surface area contributed by atoms with Gasteiger partial charge in [-0.25, -0.2) is 26.4 Å². The Labute approximate surface area is 291 Å². The molecule has 0 spiro atoms. The van der Waals surface area contributed by atoms with Gasteiger partial charge < -0.3 is 30.7 Å². The van der Waals surface area contributed by atoms with Gasteiger partial charge in [0.25, 0.3) is 5.91 Å². The van der Waals surface area contributed by atoms with E-state index >= 15 is 0 Å². The molecule has 2 aromatic carbocycles. The Kier molecular flexibility index (Phi) is 10.0. The van der Waals surface area contributed by atoms with Crippen LogP contribution in [0.4, 0.5) is 23.7 Å². The number of likely N-dealkylation sites (tertiary alicyclic amines) is 1. The minimum atomic E-state index is -4.73. The first kappa shape index (κ1) is 37.8. The Morgan fingerprint density at radius 1 is 1.06 bits per heavy atom. The lowest BCUT2D eigenvalue weighted by Crippen LogP contribution is -2.60. The molecule has 5 N–H and O–H groups in total. The number of rotatable bonds is 7. The Morgan fingerprint density at radius 3 is 2.30 bits per heavy atom. The molecule has 3 aliphatic rings. The zero-order valence-corrected chi connectivity index (χ0v) is 29.2. The van der Waals surface area contributed by atoms with E-state index in [1.165, 1.54) is 0 Å². The Bertz CT molecular complexity index is 1800. The van der Waals surface area contributed by atoms with Crippen molar-refractivity contribution in [3.8, 4) is 0 Å². The molecule has 2 saturated carbocycles. The Hall–Kier alpha value is -3.44. The maximum atomic E-state index is 14.1. The topological polar surface area (TPSA) is 183 Å². The van der Waals surface area contributed by atoms with Gasteiger partial charge in [-0.3, -0.25) is 14.5 Å². The van der Waals surface area contributed by atoms with Crippen LogP contribution in [0.1, 0.15) is 63.7 Å². The van der Waals surface area contributed by atoms with Crippen molar-refractivity contribution in [1.29, 1.82) is 0 Å². The van der Waals surface area contributed by atoms with Crippen LogP contribution in [0.5, 0.6) is 0 Å². The zero-order valence-electron chi connectivity index (χ0n) is 27.7. The third-order valence-electron chi connectivity index (χ3n) is 9.78. The lowest BCUT2D eigenvalue weighted by molar-refractivity contribution is -0.132. The standard InChI is InChI=1S/C33H39ClF3N3O9S/c1-16-7-18-12-32(45,13-21(16)33(18,46)15-38-29(43)25-11-20(41)14-40(25)30(44)49-31(2,3)4)50(47,48)26-8-17(5-6-22(26)34)28(42)39-19-9-23(35)27(37)24(36)10-19/h5-6,8-10,16,18,20-21,25,41,45-46H,7,11-15H2,1-4H3,(H,38,43)(H,39,42)/t16-,18?,20+,21?,25-,32+,33+/m0/s1. The van der Waals surface area contributed by atoms with Crippen LogP contribution in [-0.2, 0) is 19.4 Å². The van der Waals surface area contributed by atoms with Crippen molar-refractivity contribution < 1.29 is 56.0 Å². The first-order valence-electron chi connectivity index (χ1n) is 16.0. The molecule has 12 nitrogen and oxygen atoms in total. The molecule has 2 aromatic rings. The Morgan fingerprint density at radius 2 is 1.70 bits per heavy atom. The fourth-order valence-corrected chi connectivity index (χ4v) is 9.63. The summed E-state index contributed by atoms with van der Waals surface area (Å²) in [6.45, 7) is 6.32. The summed E-state index contributed by atoms with van der Waals surface area (Å²) in [5.41, 5.74) is -3.23.